The fourth-order valence-corrected chi connectivity index (χ4v) is 1.88. The van der Waals surface area contributed by atoms with Gasteiger partial charge >= 0.3 is 0 Å². The van der Waals surface area contributed by atoms with Crippen LogP contribution in [-0.4, -0.2) is 16.4 Å². The van der Waals surface area contributed by atoms with E-state index in [0.29, 0.717) is 16.8 Å². The first-order valence-electron chi connectivity index (χ1n) is 6.60. The van der Waals surface area contributed by atoms with Crippen molar-refractivity contribution in [1.29, 1.82) is 0 Å². The maximum Gasteiger partial charge on any atom is 0.257 e. The van der Waals surface area contributed by atoms with Gasteiger partial charge < -0.3 is 9.25 Å². The van der Waals surface area contributed by atoms with Gasteiger partial charge in [0.05, 0.1) is 6.21 Å². The predicted molar refractivity (Wildman–Crippen MR) is 83.6 cm³/mol. The van der Waals surface area contributed by atoms with E-state index in [0.717, 1.165) is 11.1 Å². The van der Waals surface area contributed by atoms with Crippen molar-refractivity contribution in [3.8, 4) is 11.5 Å². The summed E-state index contributed by atoms with van der Waals surface area (Å²) >= 11 is 5.84. The van der Waals surface area contributed by atoms with Crippen LogP contribution in [0.1, 0.15) is 11.5 Å². The van der Waals surface area contributed by atoms with Crippen LogP contribution in [0, 0.1) is 0 Å². The molecule has 3 aromatic rings. The fourth-order valence-electron chi connectivity index (χ4n) is 1.75. The highest BCUT2D eigenvalue weighted by molar-refractivity contribution is 6.30. The third kappa shape index (κ3) is 3.71. The number of nitrogens with zero attached hydrogens (tertiary/aromatic N) is 3. The van der Waals surface area contributed by atoms with Crippen LogP contribution in [0.4, 0.5) is 0 Å². The van der Waals surface area contributed by atoms with Crippen LogP contribution in [-0.2, 0) is 11.4 Å². The lowest BCUT2D eigenvalue weighted by Gasteiger charge is -1.95. The summed E-state index contributed by atoms with van der Waals surface area (Å²) in [5.41, 5.74) is 1.76. The minimum atomic E-state index is 0.115. The van der Waals surface area contributed by atoms with E-state index in [4.69, 9.17) is 20.9 Å². The molecule has 0 fully saturated rings. The van der Waals surface area contributed by atoms with Gasteiger partial charge in [0.25, 0.3) is 5.89 Å². The van der Waals surface area contributed by atoms with E-state index < -0.39 is 0 Å². The quantitative estimate of drug-likeness (QED) is 0.529. The van der Waals surface area contributed by atoms with Crippen molar-refractivity contribution in [2.24, 2.45) is 5.16 Å². The molecule has 22 heavy (non-hydrogen) atoms. The Morgan fingerprint density at radius 1 is 1.05 bits per heavy atom. The third-order valence-corrected chi connectivity index (χ3v) is 3.07. The average molecular weight is 314 g/mol. The highest BCUT2D eigenvalue weighted by Gasteiger charge is 2.08. The van der Waals surface area contributed by atoms with Crippen LogP contribution in [0.3, 0.4) is 0 Å². The smallest absolute Gasteiger partial charge is 0.257 e. The lowest BCUT2D eigenvalue weighted by Crippen LogP contribution is -1.88. The predicted octanol–water partition coefficient (Wildman–Crippen LogP) is 3.94. The fraction of sp³-hybridized carbons (Fsp3) is 0.0625. The van der Waals surface area contributed by atoms with Crippen molar-refractivity contribution in [2.45, 2.75) is 6.61 Å². The van der Waals surface area contributed by atoms with Gasteiger partial charge in [0.1, 0.15) is 0 Å². The molecule has 0 bridgehead atoms. The van der Waals surface area contributed by atoms with Gasteiger partial charge in [-0.25, -0.2) is 0 Å². The molecule has 3 rings (SSSR count). The second kappa shape index (κ2) is 6.87. The minimum absolute atomic E-state index is 0.115. The van der Waals surface area contributed by atoms with Gasteiger partial charge in [-0.05, 0) is 29.8 Å². The highest BCUT2D eigenvalue weighted by Crippen LogP contribution is 2.20. The van der Waals surface area contributed by atoms with E-state index in [9.17, 15) is 0 Å². The van der Waals surface area contributed by atoms with Crippen molar-refractivity contribution >= 4 is 17.8 Å². The molecule has 0 aliphatic carbocycles. The summed E-state index contributed by atoms with van der Waals surface area (Å²) in [6, 6.07) is 16.8. The van der Waals surface area contributed by atoms with E-state index in [2.05, 4.69) is 15.4 Å². The first-order valence-corrected chi connectivity index (χ1v) is 6.98. The van der Waals surface area contributed by atoms with Gasteiger partial charge in [-0.2, -0.15) is 0 Å². The monoisotopic (exact) mass is 313 g/mol. The van der Waals surface area contributed by atoms with Crippen molar-refractivity contribution in [3.05, 3.63) is 71.1 Å². The number of hydrogen-bond donors (Lipinski definition) is 0. The summed E-state index contributed by atoms with van der Waals surface area (Å²) in [4.78, 5) is 5.14. The van der Waals surface area contributed by atoms with Crippen LogP contribution >= 0.6 is 11.6 Å². The van der Waals surface area contributed by atoms with Gasteiger partial charge in [0, 0.05) is 10.6 Å². The van der Waals surface area contributed by atoms with E-state index in [-0.39, 0.29) is 6.61 Å². The highest BCUT2D eigenvalue weighted by atomic mass is 35.5. The molecule has 6 heteroatoms. The normalized spacial score (nSPS) is 11.0. The first kappa shape index (κ1) is 14.3. The lowest BCUT2D eigenvalue weighted by atomic mass is 10.2. The van der Waals surface area contributed by atoms with Crippen molar-refractivity contribution < 1.29 is 9.25 Å². The maximum absolute atomic E-state index is 5.84. The molecule has 0 radical (unpaired) electrons. The van der Waals surface area contributed by atoms with Crippen LogP contribution in [0.5, 0.6) is 0 Å². The zero-order valence-electron chi connectivity index (χ0n) is 11.5. The molecule has 1 heterocycles. The molecule has 5 nitrogen and oxygen atoms in total. The largest absolute Gasteiger partial charge is 0.417 e. The number of rotatable bonds is 5. The number of halogens is 1. The summed E-state index contributed by atoms with van der Waals surface area (Å²) in [6.45, 7) is 0.115. The second-order valence-electron chi connectivity index (χ2n) is 4.43. The Balaban J connectivity index is 1.58. The van der Waals surface area contributed by atoms with Gasteiger partial charge in [-0.3, -0.25) is 0 Å². The molecule has 0 saturated heterocycles. The number of benzene rings is 2. The van der Waals surface area contributed by atoms with Crippen molar-refractivity contribution in [2.75, 3.05) is 0 Å². The number of oxime groups is 1. The molecule has 110 valence electrons. The van der Waals surface area contributed by atoms with Gasteiger partial charge in [-0.1, -0.05) is 47.1 Å². The summed E-state index contributed by atoms with van der Waals surface area (Å²) in [5, 5.41) is 12.4. The third-order valence-electron chi connectivity index (χ3n) is 2.82. The number of hydrogen-bond acceptors (Lipinski definition) is 5. The SMILES string of the molecule is Clc1ccc(-c2nnc(CO/N=C\c3ccccc3)o2)cc1. The van der Waals surface area contributed by atoms with Gasteiger partial charge in [0.15, 0.2) is 6.61 Å². The van der Waals surface area contributed by atoms with Gasteiger partial charge in [0.2, 0.25) is 5.89 Å². The Hall–Kier alpha value is -2.66. The molecular formula is C16H12ClN3O2. The minimum Gasteiger partial charge on any atom is -0.417 e. The van der Waals surface area contributed by atoms with Crippen molar-refractivity contribution in [1.82, 2.24) is 10.2 Å². The standard InChI is InChI=1S/C16H12ClN3O2/c17-14-8-6-13(7-9-14)16-20-19-15(22-16)11-21-18-10-12-4-2-1-3-5-12/h1-10H,11H2/b18-10-. The molecule has 0 N–H and O–H groups in total. The summed E-state index contributed by atoms with van der Waals surface area (Å²) in [5.74, 6) is 0.775. The van der Waals surface area contributed by atoms with Crippen molar-refractivity contribution in [3.63, 3.8) is 0 Å². The van der Waals surface area contributed by atoms with E-state index in [1.807, 2.05) is 42.5 Å². The molecule has 0 unspecified atom stereocenters. The van der Waals surface area contributed by atoms with Crippen LogP contribution < -0.4 is 0 Å². The summed E-state index contributed by atoms with van der Waals surface area (Å²) in [6.07, 6.45) is 1.62. The molecule has 0 atom stereocenters. The van der Waals surface area contributed by atoms with Crippen LogP contribution in [0.15, 0.2) is 64.2 Å². The molecule has 0 spiro atoms. The Labute approximate surface area is 132 Å². The molecule has 0 aliphatic heterocycles. The zero-order chi connectivity index (χ0) is 15.2. The number of aromatic nitrogens is 2. The topological polar surface area (TPSA) is 60.5 Å². The molecular weight excluding hydrogens is 302 g/mol. The van der Waals surface area contributed by atoms with E-state index >= 15 is 0 Å². The second-order valence-corrected chi connectivity index (χ2v) is 4.86. The summed E-state index contributed by atoms with van der Waals surface area (Å²) < 4.78 is 5.50. The molecule has 0 saturated carbocycles. The molecule has 1 aromatic heterocycles. The van der Waals surface area contributed by atoms with Crippen LogP contribution in [0.2, 0.25) is 5.02 Å². The van der Waals surface area contributed by atoms with E-state index in [1.165, 1.54) is 0 Å². The van der Waals surface area contributed by atoms with Crippen LogP contribution in [0.25, 0.3) is 11.5 Å². The average Bonchev–Trinajstić information content (AvgIpc) is 3.02. The van der Waals surface area contributed by atoms with E-state index in [1.54, 1.807) is 18.3 Å². The Morgan fingerprint density at radius 3 is 2.59 bits per heavy atom. The summed E-state index contributed by atoms with van der Waals surface area (Å²) in [7, 11) is 0. The Kier molecular flexibility index (Phi) is 4.46. The van der Waals surface area contributed by atoms with Gasteiger partial charge in [-0.15, -0.1) is 10.2 Å². The zero-order valence-corrected chi connectivity index (χ0v) is 12.3. The lowest BCUT2D eigenvalue weighted by molar-refractivity contribution is 0.112. The molecule has 0 amide bonds. The maximum atomic E-state index is 5.84. The molecule has 0 aliphatic rings. The first-order chi connectivity index (χ1) is 10.8. The Morgan fingerprint density at radius 2 is 1.82 bits per heavy atom. The Bertz CT molecular complexity index is 755. The molecule has 2 aromatic carbocycles.